The van der Waals surface area contributed by atoms with Gasteiger partial charge in [-0.05, 0) is 24.2 Å². The number of phosphoric acid groups is 1. The lowest BCUT2D eigenvalue weighted by Crippen LogP contribution is -2.41. The van der Waals surface area contributed by atoms with Crippen LogP contribution in [0, 0.1) is 11.3 Å². The molecule has 5 nitrogen and oxygen atoms in total. The second-order valence-electron chi connectivity index (χ2n) is 6.26. The van der Waals surface area contributed by atoms with E-state index in [-0.39, 0.29) is 17.5 Å². The molecule has 1 N–H and O–H groups in total. The molecule has 2 rings (SSSR count). The number of phosphoric ester groups is 1. The fourth-order valence-corrected chi connectivity index (χ4v) is 4.25. The van der Waals surface area contributed by atoms with Crippen molar-refractivity contribution in [1.29, 1.82) is 0 Å². The van der Waals surface area contributed by atoms with Crippen LogP contribution in [-0.4, -0.2) is 37.6 Å². The fraction of sp³-hybridized carbons (Fsp3) is 1.00. The lowest BCUT2D eigenvalue weighted by atomic mass is 9.81. The van der Waals surface area contributed by atoms with Crippen molar-refractivity contribution >= 4 is 15.7 Å². The topological polar surface area (TPSA) is 65.0 Å². The van der Waals surface area contributed by atoms with Crippen molar-refractivity contribution in [2.24, 2.45) is 11.3 Å². The molecule has 1 saturated heterocycles. The van der Waals surface area contributed by atoms with Gasteiger partial charge < -0.3 is 9.63 Å². The molecule has 5 atom stereocenters. The molecule has 0 aromatic rings. The van der Waals surface area contributed by atoms with Gasteiger partial charge in [-0.1, -0.05) is 20.8 Å². The van der Waals surface area contributed by atoms with Crippen LogP contribution < -0.4 is 0 Å². The largest absolute Gasteiger partial charge is 0.472 e. The number of fused-ring (bicyclic) bond motifs is 1. The summed E-state index contributed by atoms with van der Waals surface area (Å²) < 4.78 is 27.8. The fourth-order valence-electron chi connectivity index (χ4n) is 3.47. The molecule has 2 fully saturated rings. The molecule has 1 aliphatic carbocycles. The molecule has 104 valence electrons. The van der Waals surface area contributed by atoms with Crippen LogP contribution in [0.4, 0.5) is 0 Å². The number of hydrogen-bond acceptors (Lipinski definition) is 4. The molecule has 0 aromatic heterocycles. The second-order valence-corrected chi connectivity index (χ2v) is 7.75. The maximum absolute atomic E-state index is 11.8. The molecule has 0 spiro atoms. The maximum atomic E-state index is 11.8. The molecule has 4 unspecified atom stereocenters. The van der Waals surface area contributed by atoms with Gasteiger partial charge in [0.15, 0.2) is 0 Å². The van der Waals surface area contributed by atoms with Crippen LogP contribution in [-0.2, 0) is 18.3 Å². The molecule has 1 heterocycles. The summed E-state index contributed by atoms with van der Waals surface area (Å²) in [6.45, 7) is 6.38. The highest BCUT2D eigenvalue weighted by atomic mass is 31.2. The first-order chi connectivity index (χ1) is 8.13. The summed E-state index contributed by atoms with van der Waals surface area (Å²) >= 11 is 0. The van der Waals surface area contributed by atoms with Crippen LogP contribution in [0.1, 0.15) is 33.6 Å². The molecular formula is C11H22BO5P. The van der Waals surface area contributed by atoms with Crippen molar-refractivity contribution in [3.63, 3.8) is 0 Å². The van der Waals surface area contributed by atoms with Crippen LogP contribution in [0.3, 0.4) is 0 Å². The minimum atomic E-state index is -3.99. The van der Waals surface area contributed by atoms with Crippen molar-refractivity contribution in [3.8, 4) is 0 Å². The SMILES string of the molecule is BC1CC2(OP(=O)(O)OC)C[C@H](C)C(C)(C)C2O1. The zero-order valence-corrected chi connectivity index (χ0v) is 12.6. The minimum Gasteiger partial charge on any atom is -0.380 e. The van der Waals surface area contributed by atoms with Gasteiger partial charge in [0.1, 0.15) is 13.4 Å². The van der Waals surface area contributed by atoms with E-state index in [1.54, 1.807) is 0 Å². The monoisotopic (exact) mass is 276 g/mol. The smallest absolute Gasteiger partial charge is 0.380 e. The van der Waals surface area contributed by atoms with Gasteiger partial charge in [-0.2, -0.15) is 0 Å². The third kappa shape index (κ3) is 2.18. The van der Waals surface area contributed by atoms with Crippen molar-refractivity contribution in [3.05, 3.63) is 0 Å². The summed E-state index contributed by atoms with van der Waals surface area (Å²) in [5, 5.41) is 0. The summed E-state index contributed by atoms with van der Waals surface area (Å²) in [5.74, 6) is 0.367. The van der Waals surface area contributed by atoms with Gasteiger partial charge in [0.05, 0.1) is 6.10 Å². The quantitative estimate of drug-likeness (QED) is 0.621. The number of rotatable bonds is 3. The van der Waals surface area contributed by atoms with Crippen LogP contribution in [0.15, 0.2) is 0 Å². The van der Waals surface area contributed by atoms with Crippen LogP contribution in [0.25, 0.3) is 0 Å². The zero-order valence-electron chi connectivity index (χ0n) is 11.7. The normalized spacial score (nSPS) is 45.7. The van der Waals surface area contributed by atoms with E-state index in [0.29, 0.717) is 12.3 Å². The van der Waals surface area contributed by atoms with Gasteiger partial charge in [0.2, 0.25) is 0 Å². The summed E-state index contributed by atoms with van der Waals surface area (Å²) in [5.41, 5.74) is -0.763. The summed E-state index contributed by atoms with van der Waals surface area (Å²) in [7, 11) is -0.830. The third-order valence-electron chi connectivity index (χ3n) is 4.60. The summed E-state index contributed by atoms with van der Waals surface area (Å²) in [6, 6.07) is 0.0404. The molecule has 0 aromatic carbocycles. The van der Waals surface area contributed by atoms with Gasteiger partial charge in [-0.3, -0.25) is 9.05 Å². The Balaban J connectivity index is 2.32. The molecule has 0 bridgehead atoms. The third-order valence-corrected chi connectivity index (χ3v) is 5.66. The molecule has 18 heavy (non-hydrogen) atoms. The van der Waals surface area contributed by atoms with E-state index in [9.17, 15) is 9.46 Å². The Labute approximate surface area is 109 Å². The highest BCUT2D eigenvalue weighted by molar-refractivity contribution is 7.47. The number of hydrogen-bond donors (Lipinski definition) is 1. The van der Waals surface area contributed by atoms with Gasteiger partial charge in [-0.15, -0.1) is 0 Å². The van der Waals surface area contributed by atoms with Crippen LogP contribution in [0.2, 0.25) is 0 Å². The first-order valence-electron chi connectivity index (χ1n) is 6.38. The van der Waals surface area contributed by atoms with E-state index in [4.69, 9.17) is 9.26 Å². The van der Waals surface area contributed by atoms with E-state index >= 15 is 0 Å². The molecule has 1 aliphatic heterocycles. The Kier molecular flexibility index (Phi) is 3.49. The average Bonchev–Trinajstić information content (AvgIpc) is 2.61. The lowest BCUT2D eigenvalue weighted by molar-refractivity contribution is -0.0586. The Bertz CT molecular complexity index is 388. The average molecular weight is 276 g/mol. The summed E-state index contributed by atoms with van der Waals surface area (Å²) in [4.78, 5) is 9.62. The van der Waals surface area contributed by atoms with E-state index in [1.165, 1.54) is 7.11 Å². The highest BCUT2D eigenvalue weighted by Crippen LogP contribution is 2.62. The second kappa shape index (κ2) is 4.32. The predicted molar refractivity (Wildman–Crippen MR) is 70.0 cm³/mol. The zero-order chi connectivity index (χ0) is 13.8. The predicted octanol–water partition coefficient (Wildman–Crippen LogP) is 1.30. The maximum Gasteiger partial charge on any atom is 0.472 e. The molecule has 0 amide bonds. The Morgan fingerprint density at radius 1 is 1.44 bits per heavy atom. The standard InChI is InChI=1S/C11H22BO5P/c1-7-5-11(17-18(13,14)15-4)6-8(12)16-9(11)10(7,2)3/h7-9H,5-6,12H2,1-4H3,(H,13,14)/t7-,8?,9?,11?/m0/s1. The first kappa shape index (κ1) is 14.5. The van der Waals surface area contributed by atoms with Gasteiger partial charge in [0, 0.05) is 13.1 Å². The molecule has 0 radical (unpaired) electrons. The van der Waals surface area contributed by atoms with Crippen molar-refractivity contribution in [2.75, 3.05) is 7.11 Å². The molecular weight excluding hydrogens is 254 g/mol. The molecule has 2 aliphatic rings. The van der Waals surface area contributed by atoms with E-state index in [1.807, 2.05) is 7.85 Å². The summed E-state index contributed by atoms with van der Waals surface area (Å²) in [6.07, 6.45) is 1.20. The lowest BCUT2D eigenvalue weighted by Gasteiger charge is -2.34. The highest BCUT2D eigenvalue weighted by Gasteiger charge is 2.64. The van der Waals surface area contributed by atoms with Crippen molar-refractivity contribution in [1.82, 2.24) is 0 Å². The van der Waals surface area contributed by atoms with Crippen molar-refractivity contribution in [2.45, 2.75) is 51.3 Å². The number of ether oxygens (including phenoxy) is 1. The van der Waals surface area contributed by atoms with Crippen molar-refractivity contribution < 1.29 is 23.2 Å². The van der Waals surface area contributed by atoms with Gasteiger partial charge in [-0.25, -0.2) is 4.57 Å². The van der Waals surface area contributed by atoms with Crippen LogP contribution in [0.5, 0.6) is 0 Å². The molecule has 7 heteroatoms. The van der Waals surface area contributed by atoms with Crippen LogP contribution >= 0.6 is 7.82 Å². The first-order valence-corrected chi connectivity index (χ1v) is 7.87. The molecule has 1 saturated carbocycles. The van der Waals surface area contributed by atoms with E-state index in [2.05, 4.69) is 25.3 Å². The Morgan fingerprint density at radius 3 is 2.61 bits per heavy atom. The Hall–Kier alpha value is 0.135. The van der Waals surface area contributed by atoms with E-state index < -0.39 is 13.4 Å². The van der Waals surface area contributed by atoms with Gasteiger partial charge in [0.25, 0.3) is 0 Å². The van der Waals surface area contributed by atoms with E-state index in [0.717, 1.165) is 6.42 Å². The van der Waals surface area contributed by atoms with Gasteiger partial charge >= 0.3 is 7.82 Å². The Morgan fingerprint density at radius 2 is 2.06 bits per heavy atom. The minimum absolute atomic E-state index is 0.0404.